The van der Waals surface area contributed by atoms with E-state index in [1.807, 2.05) is 22.6 Å². The first-order valence-corrected chi connectivity index (χ1v) is 5.54. The van der Waals surface area contributed by atoms with E-state index >= 15 is 0 Å². The van der Waals surface area contributed by atoms with Gasteiger partial charge >= 0.3 is 5.97 Å². The van der Waals surface area contributed by atoms with Gasteiger partial charge in [-0.25, -0.2) is 9.78 Å². The summed E-state index contributed by atoms with van der Waals surface area (Å²) in [7, 11) is 0. The van der Waals surface area contributed by atoms with E-state index in [0.717, 1.165) is 0 Å². The summed E-state index contributed by atoms with van der Waals surface area (Å²) in [5.41, 5.74) is -0.402. The molecule has 0 bridgehead atoms. The normalized spacial score (nSPS) is 10.4. The SMILES string of the molecule is O=C(O)c1cc(Cn2cncc(I)c2=O)on1. The number of carbonyl (C=O) groups is 1. The Morgan fingerprint density at radius 1 is 1.59 bits per heavy atom. The van der Waals surface area contributed by atoms with Crippen molar-refractivity contribution in [3.63, 3.8) is 0 Å². The summed E-state index contributed by atoms with van der Waals surface area (Å²) in [4.78, 5) is 26.1. The minimum atomic E-state index is -1.17. The Morgan fingerprint density at radius 2 is 2.35 bits per heavy atom. The maximum atomic E-state index is 11.7. The summed E-state index contributed by atoms with van der Waals surface area (Å²) in [5.74, 6) is -0.888. The Kier molecular flexibility index (Phi) is 3.22. The third-order valence-electron chi connectivity index (χ3n) is 1.96. The highest BCUT2D eigenvalue weighted by atomic mass is 127. The number of rotatable bonds is 3. The molecule has 0 spiro atoms. The lowest BCUT2D eigenvalue weighted by molar-refractivity contribution is 0.0685. The third kappa shape index (κ3) is 2.52. The zero-order valence-corrected chi connectivity index (χ0v) is 10.5. The van der Waals surface area contributed by atoms with Crippen LogP contribution in [0.15, 0.2) is 27.9 Å². The van der Waals surface area contributed by atoms with Gasteiger partial charge in [0.1, 0.15) is 0 Å². The van der Waals surface area contributed by atoms with Crippen LogP contribution < -0.4 is 5.56 Å². The fourth-order valence-corrected chi connectivity index (χ4v) is 1.66. The van der Waals surface area contributed by atoms with E-state index in [0.29, 0.717) is 3.57 Å². The van der Waals surface area contributed by atoms with Gasteiger partial charge in [-0.3, -0.25) is 9.36 Å². The van der Waals surface area contributed by atoms with Crippen molar-refractivity contribution in [2.45, 2.75) is 6.54 Å². The van der Waals surface area contributed by atoms with Crippen LogP contribution in [0.2, 0.25) is 0 Å². The van der Waals surface area contributed by atoms with Crippen molar-refractivity contribution < 1.29 is 14.4 Å². The van der Waals surface area contributed by atoms with Crippen LogP contribution in [0.4, 0.5) is 0 Å². The molecule has 8 heteroatoms. The van der Waals surface area contributed by atoms with Crippen molar-refractivity contribution in [1.82, 2.24) is 14.7 Å². The molecule has 0 radical (unpaired) electrons. The van der Waals surface area contributed by atoms with Crippen LogP contribution in [0.25, 0.3) is 0 Å². The lowest BCUT2D eigenvalue weighted by Crippen LogP contribution is -2.22. The Balaban J connectivity index is 2.28. The highest BCUT2D eigenvalue weighted by Gasteiger charge is 2.11. The van der Waals surface area contributed by atoms with E-state index in [9.17, 15) is 9.59 Å². The molecular formula is C9H6IN3O4. The molecule has 0 saturated carbocycles. The summed E-state index contributed by atoms with van der Waals surface area (Å²) in [6.45, 7) is 0.100. The Morgan fingerprint density at radius 3 is 3.00 bits per heavy atom. The minimum absolute atomic E-state index is 0.100. The van der Waals surface area contributed by atoms with Gasteiger partial charge in [0.2, 0.25) is 0 Å². The number of nitrogens with zero attached hydrogens (tertiary/aromatic N) is 3. The molecule has 0 atom stereocenters. The second-order valence-electron chi connectivity index (χ2n) is 3.16. The Labute approximate surface area is 108 Å². The first kappa shape index (κ1) is 11.8. The summed E-state index contributed by atoms with van der Waals surface area (Å²) in [6.07, 6.45) is 2.80. The smallest absolute Gasteiger partial charge is 0.358 e. The number of hydrogen-bond acceptors (Lipinski definition) is 5. The fourth-order valence-electron chi connectivity index (χ4n) is 1.19. The molecule has 0 fully saturated rings. The van der Waals surface area contributed by atoms with Crippen molar-refractivity contribution >= 4 is 28.6 Å². The Hall–Kier alpha value is -1.71. The number of carboxylic acid groups (broad SMARTS) is 1. The molecule has 2 rings (SSSR count). The molecule has 0 aliphatic carbocycles. The predicted octanol–water partition coefficient (Wildman–Crippen LogP) is 0.582. The summed E-state index contributed by atoms with van der Waals surface area (Å²) in [5, 5.41) is 12.0. The fraction of sp³-hybridized carbons (Fsp3) is 0.111. The molecule has 1 N–H and O–H groups in total. The highest BCUT2D eigenvalue weighted by Crippen LogP contribution is 2.05. The van der Waals surface area contributed by atoms with Gasteiger partial charge in [0, 0.05) is 12.3 Å². The van der Waals surface area contributed by atoms with E-state index < -0.39 is 5.97 Å². The van der Waals surface area contributed by atoms with Crippen LogP contribution in [0, 0.1) is 3.57 Å². The van der Waals surface area contributed by atoms with Gasteiger partial charge in [0.05, 0.1) is 16.4 Å². The zero-order valence-electron chi connectivity index (χ0n) is 8.33. The van der Waals surface area contributed by atoms with Crippen LogP contribution in [-0.2, 0) is 6.54 Å². The van der Waals surface area contributed by atoms with Gasteiger partial charge < -0.3 is 9.63 Å². The van der Waals surface area contributed by atoms with E-state index in [1.165, 1.54) is 23.2 Å². The monoisotopic (exact) mass is 347 g/mol. The first-order chi connectivity index (χ1) is 8.08. The standard InChI is InChI=1S/C9H6IN3O4/c10-6-2-11-4-13(8(6)14)3-5-1-7(9(15)16)12-17-5/h1-2,4H,3H2,(H,15,16). The summed E-state index contributed by atoms with van der Waals surface area (Å²) >= 11 is 1.87. The molecule has 7 nitrogen and oxygen atoms in total. The lowest BCUT2D eigenvalue weighted by Gasteiger charge is -2.00. The van der Waals surface area contributed by atoms with Crippen molar-refractivity contribution in [2.75, 3.05) is 0 Å². The Bertz CT molecular complexity index is 619. The number of aromatic nitrogens is 3. The molecule has 0 unspecified atom stereocenters. The van der Waals surface area contributed by atoms with Gasteiger partial charge in [-0.2, -0.15) is 0 Å². The number of halogens is 1. The first-order valence-electron chi connectivity index (χ1n) is 4.47. The number of carboxylic acids is 1. The van der Waals surface area contributed by atoms with Gasteiger partial charge in [0.25, 0.3) is 5.56 Å². The second-order valence-corrected chi connectivity index (χ2v) is 4.32. The van der Waals surface area contributed by atoms with Gasteiger partial charge in [0.15, 0.2) is 11.5 Å². The molecule has 88 valence electrons. The second kappa shape index (κ2) is 4.65. The van der Waals surface area contributed by atoms with E-state index in [4.69, 9.17) is 9.63 Å². The predicted molar refractivity (Wildman–Crippen MR) is 63.8 cm³/mol. The molecule has 0 aromatic carbocycles. The third-order valence-corrected chi connectivity index (χ3v) is 2.70. The highest BCUT2D eigenvalue weighted by molar-refractivity contribution is 14.1. The summed E-state index contributed by atoms with van der Waals surface area (Å²) < 4.78 is 6.59. The molecule has 0 aliphatic heterocycles. The van der Waals surface area contributed by atoms with Crippen LogP contribution in [0.3, 0.4) is 0 Å². The molecule has 2 aromatic rings. The number of hydrogen-bond donors (Lipinski definition) is 1. The maximum absolute atomic E-state index is 11.7. The minimum Gasteiger partial charge on any atom is -0.476 e. The van der Waals surface area contributed by atoms with Crippen LogP contribution in [-0.4, -0.2) is 25.8 Å². The van der Waals surface area contributed by atoms with Gasteiger partial charge in [-0.15, -0.1) is 0 Å². The average Bonchev–Trinajstić information content (AvgIpc) is 2.73. The number of aromatic carboxylic acids is 1. The quantitative estimate of drug-likeness (QED) is 0.816. The van der Waals surface area contributed by atoms with Gasteiger partial charge in [-0.05, 0) is 22.6 Å². The average molecular weight is 347 g/mol. The van der Waals surface area contributed by atoms with Crippen LogP contribution >= 0.6 is 22.6 Å². The molecule has 2 heterocycles. The molecule has 0 amide bonds. The summed E-state index contributed by atoms with van der Waals surface area (Å²) in [6, 6.07) is 1.27. The molecular weight excluding hydrogens is 341 g/mol. The van der Waals surface area contributed by atoms with E-state index in [-0.39, 0.29) is 23.6 Å². The maximum Gasteiger partial charge on any atom is 0.358 e. The van der Waals surface area contributed by atoms with Crippen molar-refractivity contribution in [2.24, 2.45) is 0 Å². The largest absolute Gasteiger partial charge is 0.476 e. The van der Waals surface area contributed by atoms with E-state index in [1.54, 1.807) is 0 Å². The van der Waals surface area contributed by atoms with E-state index in [2.05, 4.69) is 10.1 Å². The molecule has 0 saturated heterocycles. The zero-order chi connectivity index (χ0) is 12.4. The van der Waals surface area contributed by atoms with Gasteiger partial charge in [-0.1, -0.05) is 5.16 Å². The van der Waals surface area contributed by atoms with Crippen LogP contribution in [0.5, 0.6) is 0 Å². The molecule has 2 aromatic heterocycles. The van der Waals surface area contributed by atoms with Crippen molar-refractivity contribution in [3.8, 4) is 0 Å². The van der Waals surface area contributed by atoms with Crippen molar-refractivity contribution in [1.29, 1.82) is 0 Å². The molecule has 17 heavy (non-hydrogen) atoms. The topological polar surface area (TPSA) is 98.2 Å². The lowest BCUT2D eigenvalue weighted by atomic mass is 10.3. The van der Waals surface area contributed by atoms with Crippen molar-refractivity contribution in [3.05, 3.63) is 44.0 Å². The van der Waals surface area contributed by atoms with Crippen LogP contribution in [0.1, 0.15) is 16.2 Å². The molecule has 0 aliphatic rings.